The summed E-state index contributed by atoms with van der Waals surface area (Å²) in [4.78, 5) is 28.3. The van der Waals surface area contributed by atoms with E-state index in [0.29, 0.717) is 40.0 Å². The van der Waals surface area contributed by atoms with Crippen LogP contribution in [0.15, 0.2) is 71.6 Å². The van der Waals surface area contributed by atoms with Crippen LogP contribution in [-0.4, -0.2) is 44.3 Å². The van der Waals surface area contributed by atoms with E-state index in [1.165, 1.54) is 30.3 Å². The van der Waals surface area contributed by atoms with Crippen molar-refractivity contribution in [3.8, 4) is 0 Å². The number of unbranched alkanes of at least 4 members (excludes halogenated alkanes) is 1. The first-order valence-electron chi connectivity index (χ1n) is 13.7. The third-order valence-electron chi connectivity index (χ3n) is 6.72. The van der Waals surface area contributed by atoms with Crippen molar-refractivity contribution in [2.45, 2.75) is 56.8 Å². The van der Waals surface area contributed by atoms with Gasteiger partial charge >= 0.3 is 6.18 Å². The highest BCUT2D eigenvalue weighted by Gasteiger charge is 2.37. The van der Waals surface area contributed by atoms with E-state index in [0.717, 1.165) is 17.4 Å². The van der Waals surface area contributed by atoms with Crippen LogP contribution in [0.1, 0.15) is 44.2 Å². The summed E-state index contributed by atoms with van der Waals surface area (Å²) in [5.74, 6) is -1.35. The smallest absolute Gasteiger partial charge is 0.354 e. The van der Waals surface area contributed by atoms with Crippen LogP contribution in [-0.2, 0) is 32.3 Å². The molecule has 0 aromatic heterocycles. The van der Waals surface area contributed by atoms with E-state index < -0.39 is 51.9 Å². The number of nitrogens with one attached hydrogen (secondary N) is 1. The van der Waals surface area contributed by atoms with Crippen molar-refractivity contribution >= 4 is 62.3 Å². The maximum absolute atomic E-state index is 14.1. The lowest BCUT2D eigenvalue weighted by Gasteiger charge is -2.33. The van der Waals surface area contributed by atoms with Gasteiger partial charge in [-0.2, -0.15) is 13.2 Å². The molecule has 0 aliphatic carbocycles. The van der Waals surface area contributed by atoms with Crippen LogP contribution in [0.5, 0.6) is 0 Å². The van der Waals surface area contributed by atoms with Gasteiger partial charge in [0.25, 0.3) is 10.0 Å². The number of nitrogens with zero attached hydrogens (tertiary/aromatic N) is 2. The number of sulfonamides is 1. The average Bonchev–Trinajstić information content (AvgIpc) is 2.97. The average molecular weight is 693 g/mol. The fraction of sp³-hybridized carbons (Fsp3) is 0.333. The molecule has 0 fully saturated rings. The zero-order chi connectivity index (χ0) is 32.7. The molecule has 0 aliphatic heterocycles. The number of carbonyl (C=O) groups is 2. The highest BCUT2D eigenvalue weighted by Crippen LogP contribution is 2.37. The molecule has 0 bridgehead atoms. The molecular formula is C30H31Cl3F3N3O4S. The maximum atomic E-state index is 14.1. The van der Waals surface area contributed by atoms with Crippen molar-refractivity contribution in [3.63, 3.8) is 0 Å². The molecule has 1 atom stereocenters. The number of anilines is 1. The largest absolute Gasteiger partial charge is 0.416 e. The number of carbonyl (C=O) groups excluding carboxylic acids is 2. The molecule has 0 radical (unpaired) electrons. The van der Waals surface area contributed by atoms with Crippen molar-refractivity contribution in [3.05, 3.63) is 92.9 Å². The van der Waals surface area contributed by atoms with E-state index in [1.54, 1.807) is 25.1 Å². The van der Waals surface area contributed by atoms with Gasteiger partial charge < -0.3 is 10.2 Å². The number of amides is 2. The number of alkyl halides is 3. The highest BCUT2D eigenvalue weighted by atomic mass is 35.5. The molecule has 7 nitrogen and oxygen atoms in total. The molecule has 0 unspecified atom stereocenters. The van der Waals surface area contributed by atoms with Gasteiger partial charge in [-0.15, -0.1) is 0 Å². The Bertz CT molecular complexity index is 1570. The molecule has 0 saturated carbocycles. The molecule has 1 N–H and O–H groups in total. The van der Waals surface area contributed by atoms with Crippen molar-refractivity contribution in [2.24, 2.45) is 0 Å². The van der Waals surface area contributed by atoms with Crippen molar-refractivity contribution in [2.75, 3.05) is 17.4 Å². The lowest BCUT2D eigenvalue weighted by molar-refractivity contribution is -0.140. The third kappa shape index (κ3) is 8.80. The summed E-state index contributed by atoms with van der Waals surface area (Å²) in [6, 6.07) is 12.6. The quantitative estimate of drug-likeness (QED) is 0.187. The molecule has 0 spiro atoms. The first-order chi connectivity index (χ1) is 20.7. The van der Waals surface area contributed by atoms with Gasteiger partial charge in [0.05, 0.1) is 21.2 Å². The van der Waals surface area contributed by atoms with Gasteiger partial charge in [0.1, 0.15) is 12.6 Å². The number of hydrogen-bond donors (Lipinski definition) is 1. The van der Waals surface area contributed by atoms with Crippen LogP contribution in [0.25, 0.3) is 0 Å². The molecule has 3 aromatic carbocycles. The Morgan fingerprint density at radius 2 is 1.61 bits per heavy atom. The van der Waals surface area contributed by atoms with Crippen LogP contribution in [0.3, 0.4) is 0 Å². The molecule has 2 amide bonds. The van der Waals surface area contributed by atoms with Gasteiger partial charge in [-0.1, -0.05) is 79.3 Å². The lowest BCUT2D eigenvalue weighted by atomic mass is 10.1. The molecule has 238 valence electrons. The maximum Gasteiger partial charge on any atom is 0.416 e. The minimum atomic E-state index is -4.83. The Kier molecular flexibility index (Phi) is 12.4. The summed E-state index contributed by atoms with van der Waals surface area (Å²) in [7, 11) is -4.63. The zero-order valence-electron chi connectivity index (χ0n) is 23.9. The minimum absolute atomic E-state index is 0.144. The van der Waals surface area contributed by atoms with Gasteiger partial charge in [-0.05, 0) is 60.9 Å². The van der Waals surface area contributed by atoms with E-state index in [-0.39, 0.29) is 27.9 Å². The van der Waals surface area contributed by atoms with Crippen molar-refractivity contribution in [1.29, 1.82) is 0 Å². The molecule has 0 saturated heterocycles. The Morgan fingerprint density at radius 1 is 0.932 bits per heavy atom. The summed E-state index contributed by atoms with van der Waals surface area (Å²) in [5, 5.41) is 2.99. The summed E-state index contributed by atoms with van der Waals surface area (Å²) in [5.41, 5.74) is -1.30. The second-order valence-electron chi connectivity index (χ2n) is 9.81. The van der Waals surface area contributed by atoms with Crippen molar-refractivity contribution in [1.82, 2.24) is 10.2 Å². The second-order valence-corrected chi connectivity index (χ2v) is 12.9. The normalized spacial score (nSPS) is 12.5. The Hall–Kier alpha value is -2.99. The predicted octanol–water partition coefficient (Wildman–Crippen LogP) is 7.58. The van der Waals surface area contributed by atoms with Gasteiger partial charge in [0.2, 0.25) is 11.8 Å². The van der Waals surface area contributed by atoms with Crippen LogP contribution >= 0.6 is 34.8 Å². The number of hydrogen-bond acceptors (Lipinski definition) is 4. The van der Waals surface area contributed by atoms with Gasteiger partial charge in [-0.3, -0.25) is 13.9 Å². The Balaban J connectivity index is 2.15. The Morgan fingerprint density at radius 3 is 2.20 bits per heavy atom. The second kappa shape index (κ2) is 15.3. The summed E-state index contributed by atoms with van der Waals surface area (Å²) in [6.07, 6.45) is -3.18. The molecule has 3 rings (SSSR count). The number of halogens is 6. The molecule has 0 aliphatic rings. The van der Waals surface area contributed by atoms with E-state index in [9.17, 15) is 31.2 Å². The standard InChI is InChI=1S/C30H31Cl3F3N3O4S/c1-3-5-15-37-29(41)26(4-2)38(18-20-11-13-22(31)17-25(20)33)28(40)19-39(44(42,43)23-9-7-6-8-10-23)27-16-21(30(34,35)36)12-14-24(27)32/h6-14,16-17,26H,3-5,15,18-19H2,1-2H3,(H,37,41)/t26-/m0/s1. The molecule has 44 heavy (non-hydrogen) atoms. The summed E-state index contributed by atoms with van der Waals surface area (Å²) < 4.78 is 69.4. The molecular weight excluding hydrogens is 662 g/mol. The minimum Gasteiger partial charge on any atom is -0.354 e. The van der Waals surface area contributed by atoms with Crippen LogP contribution in [0.4, 0.5) is 18.9 Å². The van der Waals surface area contributed by atoms with Gasteiger partial charge in [-0.25, -0.2) is 8.42 Å². The van der Waals surface area contributed by atoms with Crippen LogP contribution in [0.2, 0.25) is 15.1 Å². The fourth-order valence-corrected chi connectivity index (χ4v) is 6.56. The monoisotopic (exact) mass is 691 g/mol. The number of benzene rings is 3. The van der Waals surface area contributed by atoms with Gasteiger partial charge in [0.15, 0.2) is 0 Å². The molecule has 3 aromatic rings. The predicted molar refractivity (Wildman–Crippen MR) is 166 cm³/mol. The highest BCUT2D eigenvalue weighted by molar-refractivity contribution is 7.92. The summed E-state index contributed by atoms with van der Waals surface area (Å²) >= 11 is 18.7. The fourth-order valence-electron chi connectivity index (χ4n) is 4.37. The number of rotatable bonds is 13. The van der Waals surface area contributed by atoms with Crippen LogP contribution < -0.4 is 9.62 Å². The first kappa shape index (κ1) is 35.5. The van der Waals surface area contributed by atoms with E-state index in [1.807, 2.05) is 6.92 Å². The molecule has 14 heteroatoms. The topological polar surface area (TPSA) is 86.8 Å². The molecule has 0 heterocycles. The zero-order valence-corrected chi connectivity index (χ0v) is 27.0. The van der Waals surface area contributed by atoms with E-state index in [4.69, 9.17) is 34.8 Å². The lowest BCUT2D eigenvalue weighted by Crippen LogP contribution is -2.52. The van der Waals surface area contributed by atoms with E-state index >= 15 is 0 Å². The van der Waals surface area contributed by atoms with E-state index in [2.05, 4.69) is 5.32 Å². The SMILES string of the molecule is CCCCNC(=O)[C@H](CC)N(Cc1ccc(Cl)cc1Cl)C(=O)CN(c1cc(C(F)(F)F)ccc1Cl)S(=O)(=O)c1ccccc1. The summed E-state index contributed by atoms with van der Waals surface area (Å²) in [6.45, 7) is 2.79. The third-order valence-corrected chi connectivity index (χ3v) is 9.40. The van der Waals surface area contributed by atoms with Crippen molar-refractivity contribution < 1.29 is 31.2 Å². The Labute approximate surface area is 269 Å². The first-order valence-corrected chi connectivity index (χ1v) is 16.2. The van der Waals surface area contributed by atoms with Crippen LogP contribution in [0, 0.1) is 0 Å². The van der Waals surface area contributed by atoms with Gasteiger partial charge in [0, 0.05) is 23.1 Å².